The molecule has 0 aromatic heterocycles. The number of carbonyl (C=O) groups excluding carboxylic acids is 2. The van der Waals surface area contributed by atoms with E-state index in [1.165, 1.54) is 9.80 Å². The predicted molar refractivity (Wildman–Crippen MR) is 168 cm³/mol. The molecule has 2 aromatic carbocycles. The molecule has 256 valence electrons. The molecule has 0 fully saturated rings. The molecule has 0 spiro atoms. The fourth-order valence-corrected chi connectivity index (χ4v) is 2.98. The van der Waals surface area contributed by atoms with E-state index in [1.54, 1.807) is 28.2 Å². The highest BCUT2D eigenvalue weighted by Gasteiger charge is 2.22. The number of hydrogen-bond donors (Lipinski definition) is 0. The van der Waals surface area contributed by atoms with Gasteiger partial charge in [-0.2, -0.15) is 0 Å². The first kappa shape index (κ1) is 41.6. The topological polar surface area (TPSA) is 192 Å². The van der Waals surface area contributed by atoms with Gasteiger partial charge in [-0.1, -0.05) is 0 Å². The third kappa shape index (κ3) is 16.5. The second kappa shape index (κ2) is 16.8. The summed E-state index contributed by atoms with van der Waals surface area (Å²) in [7, 11) is 11.7. The van der Waals surface area contributed by atoms with Crippen molar-refractivity contribution in [2.45, 2.75) is 6.42 Å². The number of benzene rings is 2. The summed E-state index contributed by atoms with van der Waals surface area (Å²) in [6, 6.07) is 11.7. The van der Waals surface area contributed by atoms with Crippen LogP contribution in [0.4, 0.5) is 21.0 Å². The lowest BCUT2D eigenvalue weighted by molar-refractivity contribution is 0.171. The molecule has 0 bridgehead atoms. The van der Waals surface area contributed by atoms with Crippen LogP contribution in [0.25, 0.3) is 0 Å². The SMILES string of the molecule is CN(C)C(=O)Oc1cc([N+](C)(C)C)ccc1Cc1ccc([N+](C)(C)C)cc1OC(=O)N(C)C.COS(=O)(=O)[O-].COS(=O)(=O)[O-]. The molecule has 2 rings (SSSR count). The minimum atomic E-state index is -4.41. The molecule has 2 aromatic rings. The van der Waals surface area contributed by atoms with Gasteiger partial charge in [0.2, 0.25) is 20.8 Å². The summed E-state index contributed by atoms with van der Waals surface area (Å²) in [4.78, 5) is 27.5. The van der Waals surface area contributed by atoms with E-state index in [9.17, 15) is 35.5 Å². The molecule has 0 atom stereocenters. The minimum absolute atomic E-state index is 0.431. The maximum Gasteiger partial charge on any atom is 0.414 e. The van der Waals surface area contributed by atoms with Crippen LogP contribution in [-0.2, 0) is 35.6 Å². The Morgan fingerprint density at radius 3 is 1.11 bits per heavy atom. The standard InChI is InChI=1S/C25H38N4O4.2CH4O4S/c1-26(2)24(30)32-22-16-20(28(5,6)7)13-11-18(22)15-19-12-14-21(29(8,9)10)17-23(19)33-25(31)27(3)4;2*1-5-6(2,3)4/h11-14,16-17H,15H2,1-10H3;2*1H3,(H,2,3,4)/q+2;;/p-2. The number of carbonyl (C=O) groups is 2. The molecule has 0 aliphatic heterocycles. The van der Waals surface area contributed by atoms with E-state index < -0.39 is 33.0 Å². The Labute approximate surface area is 266 Å². The number of rotatable bonds is 8. The van der Waals surface area contributed by atoms with E-state index in [1.807, 2.05) is 36.4 Å². The number of hydrogen-bond acceptors (Lipinski definition) is 12. The van der Waals surface area contributed by atoms with Crippen LogP contribution in [0.3, 0.4) is 0 Å². The van der Waals surface area contributed by atoms with Crippen LogP contribution in [0.1, 0.15) is 11.1 Å². The number of amides is 2. The van der Waals surface area contributed by atoms with Crippen molar-refractivity contribution < 1.29 is 53.4 Å². The zero-order chi connectivity index (χ0) is 35.6. The molecule has 0 radical (unpaired) electrons. The summed E-state index contributed by atoms with van der Waals surface area (Å²) in [6.07, 6.45) is -0.468. The first-order chi connectivity index (χ1) is 20.2. The maximum absolute atomic E-state index is 12.3. The fraction of sp³-hybridized carbons (Fsp3) is 0.481. The maximum atomic E-state index is 12.3. The lowest BCUT2D eigenvalue weighted by Crippen LogP contribution is -2.35. The van der Waals surface area contributed by atoms with E-state index in [4.69, 9.17) is 9.47 Å². The van der Waals surface area contributed by atoms with Crippen molar-refractivity contribution in [2.75, 3.05) is 84.7 Å². The van der Waals surface area contributed by atoms with Crippen molar-refractivity contribution >= 4 is 44.4 Å². The lowest BCUT2D eigenvalue weighted by Gasteiger charge is -2.26. The average Bonchev–Trinajstić information content (AvgIpc) is 2.89. The summed E-state index contributed by atoms with van der Waals surface area (Å²) in [6.45, 7) is 0. The van der Waals surface area contributed by atoms with Crippen molar-refractivity contribution in [3.8, 4) is 11.5 Å². The Morgan fingerprint density at radius 2 is 0.911 bits per heavy atom. The average molecular weight is 681 g/mol. The van der Waals surface area contributed by atoms with Crippen LogP contribution in [0.5, 0.6) is 11.5 Å². The van der Waals surface area contributed by atoms with Gasteiger partial charge in [0.25, 0.3) is 0 Å². The Balaban J connectivity index is 0.00000136. The van der Waals surface area contributed by atoms with Crippen LogP contribution in [0.15, 0.2) is 36.4 Å². The van der Waals surface area contributed by atoms with Gasteiger partial charge in [-0.3, -0.25) is 17.3 Å². The molecule has 45 heavy (non-hydrogen) atoms. The molecule has 0 saturated carbocycles. The van der Waals surface area contributed by atoms with Crippen LogP contribution in [0, 0.1) is 0 Å². The number of quaternary nitrogens is 2. The monoisotopic (exact) mass is 680 g/mol. The molecular weight excluding hydrogens is 636 g/mol. The van der Waals surface area contributed by atoms with E-state index in [2.05, 4.69) is 50.7 Å². The zero-order valence-electron chi connectivity index (χ0n) is 27.7. The van der Waals surface area contributed by atoms with Gasteiger partial charge < -0.3 is 28.4 Å². The second-order valence-electron chi connectivity index (χ2n) is 11.5. The van der Waals surface area contributed by atoms with Crippen LogP contribution < -0.4 is 18.4 Å². The summed E-state index contributed by atoms with van der Waals surface area (Å²) >= 11 is 0. The van der Waals surface area contributed by atoms with Gasteiger partial charge in [-0.25, -0.2) is 26.4 Å². The molecule has 0 heterocycles. The molecule has 2 amide bonds. The smallest absolute Gasteiger partial charge is 0.414 e. The molecule has 16 nitrogen and oxygen atoms in total. The third-order valence-electron chi connectivity index (χ3n) is 5.56. The zero-order valence-corrected chi connectivity index (χ0v) is 29.3. The van der Waals surface area contributed by atoms with Crippen LogP contribution in [0.2, 0.25) is 0 Å². The van der Waals surface area contributed by atoms with Crippen molar-refractivity contribution in [3.63, 3.8) is 0 Å². The number of ether oxygens (including phenoxy) is 2. The van der Waals surface area contributed by atoms with Gasteiger partial charge in [-0.15, -0.1) is 0 Å². The molecule has 0 N–H and O–H groups in total. The van der Waals surface area contributed by atoms with Crippen molar-refractivity contribution in [1.82, 2.24) is 18.8 Å². The minimum Gasteiger partial charge on any atom is -0.726 e. The molecule has 18 heteroatoms. The number of nitrogens with zero attached hydrogens (tertiary/aromatic N) is 4. The van der Waals surface area contributed by atoms with E-state index >= 15 is 0 Å². The van der Waals surface area contributed by atoms with Crippen molar-refractivity contribution in [3.05, 3.63) is 47.5 Å². The van der Waals surface area contributed by atoms with Crippen molar-refractivity contribution in [2.24, 2.45) is 0 Å². The Hall–Kier alpha value is -3.36. The third-order valence-corrected chi connectivity index (χ3v) is 6.38. The van der Waals surface area contributed by atoms with Gasteiger partial charge in [0, 0.05) is 46.7 Å². The Kier molecular flexibility index (Phi) is 15.6. The largest absolute Gasteiger partial charge is 0.726 e. The molecular formula is C27H44N4O12S2. The van der Waals surface area contributed by atoms with Crippen molar-refractivity contribution in [1.29, 1.82) is 0 Å². The Bertz CT molecular complexity index is 1400. The summed E-state index contributed by atoms with van der Waals surface area (Å²) < 4.78 is 74.6. The van der Waals surface area contributed by atoms with Gasteiger partial charge >= 0.3 is 12.2 Å². The second-order valence-corrected chi connectivity index (χ2v) is 13.8. The van der Waals surface area contributed by atoms with E-state index in [0.29, 0.717) is 26.9 Å². The molecule has 0 aliphatic rings. The quantitative estimate of drug-likeness (QED) is 0.224. The molecule has 0 aliphatic carbocycles. The Morgan fingerprint density at radius 1 is 0.644 bits per heavy atom. The summed E-state index contributed by atoms with van der Waals surface area (Å²) in [5.41, 5.74) is 3.64. The lowest BCUT2D eigenvalue weighted by atomic mass is 10.0. The van der Waals surface area contributed by atoms with E-state index in [-0.39, 0.29) is 0 Å². The summed E-state index contributed by atoms with van der Waals surface area (Å²) in [5, 5.41) is 0. The molecule has 0 unspecified atom stereocenters. The van der Waals surface area contributed by atoms with Gasteiger partial charge in [-0.05, 0) is 35.4 Å². The van der Waals surface area contributed by atoms with Crippen LogP contribution in [-0.4, -0.2) is 133 Å². The van der Waals surface area contributed by atoms with Gasteiger partial charge in [0.15, 0.2) is 0 Å². The van der Waals surface area contributed by atoms with Gasteiger partial charge in [0.1, 0.15) is 22.9 Å². The normalized spacial score (nSPS) is 11.7. The van der Waals surface area contributed by atoms with Crippen LogP contribution >= 0.6 is 0 Å². The highest BCUT2D eigenvalue weighted by molar-refractivity contribution is 7.81. The first-order valence-electron chi connectivity index (χ1n) is 12.9. The fourth-order valence-electron chi connectivity index (χ4n) is 2.98. The predicted octanol–water partition coefficient (Wildman–Crippen LogP) is 1.98. The highest BCUT2D eigenvalue weighted by atomic mass is 32.3. The first-order valence-corrected chi connectivity index (χ1v) is 15.6. The van der Waals surface area contributed by atoms with E-state index in [0.717, 1.165) is 36.7 Å². The highest BCUT2D eigenvalue weighted by Crippen LogP contribution is 2.34. The molecule has 0 saturated heterocycles. The van der Waals surface area contributed by atoms with Gasteiger partial charge in [0.05, 0.1) is 56.5 Å². The summed E-state index contributed by atoms with van der Waals surface area (Å²) in [5.74, 6) is 0.972.